The molecule has 23 heavy (non-hydrogen) atoms. The third-order valence-electron chi connectivity index (χ3n) is 4.36. The molecule has 2 aromatic rings. The minimum atomic E-state index is -0.326. The third kappa shape index (κ3) is 3.64. The van der Waals surface area contributed by atoms with Gasteiger partial charge in [-0.15, -0.1) is 0 Å². The van der Waals surface area contributed by atoms with E-state index in [1.54, 1.807) is 12.1 Å². The molecule has 4 heteroatoms. The fourth-order valence-electron chi connectivity index (χ4n) is 2.94. The fraction of sp³-hybridized carbons (Fsp3) is 0.421. The SMILES string of the molecule is CC1(C)COC(CCc2ccccc2)CN1C(=O)c1ccco1. The Kier molecular flexibility index (Phi) is 4.53. The van der Waals surface area contributed by atoms with Crippen molar-refractivity contribution < 1.29 is 13.9 Å². The molecule has 0 saturated carbocycles. The van der Waals surface area contributed by atoms with Gasteiger partial charge >= 0.3 is 0 Å². The Hall–Kier alpha value is -2.07. The first kappa shape index (κ1) is 15.8. The summed E-state index contributed by atoms with van der Waals surface area (Å²) < 4.78 is 11.3. The molecule has 1 amide bonds. The van der Waals surface area contributed by atoms with Crippen molar-refractivity contribution >= 4 is 5.91 Å². The van der Waals surface area contributed by atoms with Gasteiger partial charge in [0.15, 0.2) is 5.76 Å². The predicted octanol–water partition coefficient (Wildman–Crippen LogP) is 3.53. The van der Waals surface area contributed by atoms with Crippen LogP contribution in [-0.4, -0.2) is 35.6 Å². The van der Waals surface area contributed by atoms with Crippen LogP contribution in [0.2, 0.25) is 0 Å². The summed E-state index contributed by atoms with van der Waals surface area (Å²) in [5.74, 6) is 0.329. The standard InChI is InChI=1S/C19H23NO3/c1-19(2)14-23-16(11-10-15-7-4-3-5-8-15)13-20(19)18(21)17-9-6-12-22-17/h3-9,12,16H,10-11,13-14H2,1-2H3. The molecule has 4 nitrogen and oxygen atoms in total. The van der Waals surface area contributed by atoms with E-state index in [1.165, 1.54) is 11.8 Å². The number of rotatable bonds is 4. The molecule has 122 valence electrons. The molecule has 0 radical (unpaired) electrons. The number of ether oxygens (including phenoxy) is 1. The number of carbonyl (C=O) groups excluding carboxylic acids is 1. The largest absolute Gasteiger partial charge is 0.459 e. The topological polar surface area (TPSA) is 42.7 Å². The first-order chi connectivity index (χ1) is 11.1. The van der Waals surface area contributed by atoms with E-state index in [4.69, 9.17) is 9.15 Å². The molecule has 0 spiro atoms. The molecule has 1 fully saturated rings. The molecule has 1 atom stereocenters. The summed E-state index contributed by atoms with van der Waals surface area (Å²) in [6, 6.07) is 13.8. The highest BCUT2D eigenvalue weighted by Crippen LogP contribution is 2.26. The van der Waals surface area contributed by atoms with Crippen LogP contribution in [0.3, 0.4) is 0 Å². The number of nitrogens with zero attached hydrogens (tertiary/aromatic N) is 1. The van der Waals surface area contributed by atoms with E-state index in [0.29, 0.717) is 18.9 Å². The maximum atomic E-state index is 12.7. The smallest absolute Gasteiger partial charge is 0.290 e. The van der Waals surface area contributed by atoms with Crippen LogP contribution in [0.1, 0.15) is 36.4 Å². The quantitative estimate of drug-likeness (QED) is 0.867. The molecule has 0 N–H and O–H groups in total. The van der Waals surface area contributed by atoms with Gasteiger partial charge in [-0.2, -0.15) is 0 Å². The maximum Gasteiger partial charge on any atom is 0.290 e. The number of benzene rings is 1. The normalized spacial score (nSPS) is 20.4. The van der Waals surface area contributed by atoms with Gasteiger partial charge in [0.1, 0.15) is 0 Å². The Labute approximate surface area is 137 Å². The minimum absolute atomic E-state index is 0.0575. The number of hydrogen-bond donors (Lipinski definition) is 0. The van der Waals surface area contributed by atoms with Gasteiger partial charge in [-0.05, 0) is 44.4 Å². The summed E-state index contributed by atoms with van der Waals surface area (Å²) >= 11 is 0. The average Bonchev–Trinajstić information content (AvgIpc) is 3.08. The highest BCUT2D eigenvalue weighted by Gasteiger charge is 2.39. The Bertz CT molecular complexity index is 634. The summed E-state index contributed by atoms with van der Waals surface area (Å²) in [6.07, 6.45) is 3.45. The lowest BCUT2D eigenvalue weighted by molar-refractivity contribution is -0.0857. The van der Waals surface area contributed by atoms with Gasteiger partial charge in [0.2, 0.25) is 0 Å². The van der Waals surface area contributed by atoms with Crippen molar-refractivity contribution in [3.05, 3.63) is 60.1 Å². The summed E-state index contributed by atoms with van der Waals surface area (Å²) in [6.45, 7) is 5.20. The lowest BCUT2D eigenvalue weighted by Crippen LogP contribution is -2.58. The number of furan rings is 1. The second-order valence-corrected chi connectivity index (χ2v) is 6.66. The highest BCUT2D eigenvalue weighted by atomic mass is 16.5. The zero-order valence-corrected chi connectivity index (χ0v) is 13.7. The van der Waals surface area contributed by atoms with Crippen LogP contribution in [0.15, 0.2) is 53.1 Å². The summed E-state index contributed by atoms with van der Waals surface area (Å²) in [5.41, 5.74) is 0.970. The fourth-order valence-corrected chi connectivity index (χ4v) is 2.94. The number of hydrogen-bond acceptors (Lipinski definition) is 3. The van der Waals surface area contributed by atoms with Gasteiger partial charge in [-0.25, -0.2) is 0 Å². The van der Waals surface area contributed by atoms with E-state index in [9.17, 15) is 4.79 Å². The van der Waals surface area contributed by atoms with Crippen molar-refractivity contribution in [1.82, 2.24) is 4.90 Å². The second kappa shape index (κ2) is 6.59. The van der Waals surface area contributed by atoms with E-state index < -0.39 is 0 Å². The molecular formula is C19H23NO3. The van der Waals surface area contributed by atoms with E-state index in [0.717, 1.165) is 12.8 Å². The Morgan fingerprint density at radius 1 is 1.22 bits per heavy atom. The third-order valence-corrected chi connectivity index (χ3v) is 4.36. The lowest BCUT2D eigenvalue weighted by atomic mass is 9.98. The van der Waals surface area contributed by atoms with E-state index in [-0.39, 0.29) is 17.6 Å². The van der Waals surface area contributed by atoms with Gasteiger partial charge in [-0.1, -0.05) is 30.3 Å². The minimum Gasteiger partial charge on any atom is -0.459 e. The lowest BCUT2D eigenvalue weighted by Gasteiger charge is -2.45. The van der Waals surface area contributed by atoms with Crippen molar-refractivity contribution in [2.75, 3.05) is 13.2 Å². The molecule has 3 rings (SSSR count). The average molecular weight is 313 g/mol. The monoisotopic (exact) mass is 313 g/mol. The zero-order chi connectivity index (χ0) is 16.3. The van der Waals surface area contributed by atoms with Crippen LogP contribution in [0.4, 0.5) is 0 Å². The van der Waals surface area contributed by atoms with Gasteiger partial charge in [0.25, 0.3) is 5.91 Å². The van der Waals surface area contributed by atoms with Crippen molar-refractivity contribution in [2.24, 2.45) is 0 Å². The zero-order valence-electron chi connectivity index (χ0n) is 13.7. The molecule has 1 aliphatic heterocycles. The van der Waals surface area contributed by atoms with Gasteiger partial charge in [-0.3, -0.25) is 4.79 Å². The molecular weight excluding hydrogens is 290 g/mol. The molecule has 1 unspecified atom stereocenters. The van der Waals surface area contributed by atoms with Crippen LogP contribution in [-0.2, 0) is 11.2 Å². The predicted molar refractivity (Wildman–Crippen MR) is 88.3 cm³/mol. The molecule has 1 saturated heterocycles. The van der Waals surface area contributed by atoms with Crippen molar-refractivity contribution in [3.63, 3.8) is 0 Å². The second-order valence-electron chi connectivity index (χ2n) is 6.66. The van der Waals surface area contributed by atoms with Crippen LogP contribution >= 0.6 is 0 Å². The Balaban J connectivity index is 1.65. The molecule has 2 heterocycles. The van der Waals surface area contributed by atoms with Crippen LogP contribution < -0.4 is 0 Å². The summed E-state index contributed by atoms with van der Waals surface area (Å²) in [7, 11) is 0. The molecule has 1 aromatic carbocycles. The maximum absolute atomic E-state index is 12.7. The van der Waals surface area contributed by atoms with Crippen molar-refractivity contribution in [3.8, 4) is 0 Å². The van der Waals surface area contributed by atoms with Crippen LogP contribution in [0.5, 0.6) is 0 Å². The molecule has 0 aliphatic carbocycles. The Morgan fingerprint density at radius 2 is 2.00 bits per heavy atom. The van der Waals surface area contributed by atoms with Crippen LogP contribution in [0, 0.1) is 0 Å². The first-order valence-electron chi connectivity index (χ1n) is 8.07. The van der Waals surface area contributed by atoms with E-state index in [2.05, 4.69) is 12.1 Å². The van der Waals surface area contributed by atoms with Crippen molar-refractivity contribution in [2.45, 2.75) is 38.3 Å². The number of morpholine rings is 1. The van der Waals surface area contributed by atoms with Crippen LogP contribution in [0.25, 0.3) is 0 Å². The first-order valence-corrected chi connectivity index (χ1v) is 8.07. The number of carbonyl (C=O) groups is 1. The molecule has 1 aromatic heterocycles. The van der Waals surface area contributed by atoms with E-state index in [1.807, 2.05) is 36.9 Å². The summed E-state index contributed by atoms with van der Waals surface area (Å²) in [4.78, 5) is 14.6. The summed E-state index contributed by atoms with van der Waals surface area (Å²) in [5, 5.41) is 0. The van der Waals surface area contributed by atoms with Gasteiger partial charge in [0, 0.05) is 6.54 Å². The van der Waals surface area contributed by atoms with Gasteiger partial charge < -0.3 is 14.1 Å². The number of aryl methyl sites for hydroxylation is 1. The van der Waals surface area contributed by atoms with Crippen molar-refractivity contribution in [1.29, 1.82) is 0 Å². The highest BCUT2D eigenvalue weighted by molar-refractivity contribution is 5.92. The molecule has 0 bridgehead atoms. The Morgan fingerprint density at radius 3 is 2.70 bits per heavy atom. The van der Waals surface area contributed by atoms with E-state index >= 15 is 0 Å². The number of amides is 1. The molecule has 1 aliphatic rings. The van der Waals surface area contributed by atoms with Gasteiger partial charge in [0.05, 0.1) is 24.5 Å².